The first-order valence-corrected chi connectivity index (χ1v) is 10.8. The summed E-state index contributed by atoms with van der Waals surface area (Å²) in [4.78, 5) is 28.7. The van der Waals surface area contributed by atoms with Crippen LogP contribution in [0.25, 0.3) is 0 Å². The minimum atomic E-state index is -4.46. The first-order valence-electron chi connectivity index (χ1n) is 10.8. The molecule has 3 aliphatic heterocycles. The third kappa shape index (κ3) is 4.33. The molecule has 3 heterocycles. The van der Waals surface area contributed by atoms with Crippen LogP contribution in [-0.2, 0) is 33.5 Å². The maximum absolute atomic E-state index is 13.5. The molecule has 174 valence electrons. The van der Waals surface area contributed by atoms with Gasteiger partial charge in [-0.15, -0.1) is 0 Å². The van der Waals surface area contributed by atoms with Crippen molar-refractivity contribution in [3.8, 4) is 0 Å². The van der Waals surface area contributed by atoms with E-state index < -0.39 is 23.2 Å². The molecule has 0 saturated carbocycles. The molecule has 1 aromatic carbocycles. The van der Waals surface area contributed by atoms with Gasteiger partial charge in [-0.05, 0) is 49.4 Å². The summed E-state index contributed by atoms with van der Waals surface area (Å²) in [5.74, 6) is -0.486. The van der Waals surface area contributed by atoms with Crippen LogP contribution in [-0.4, -0.2) is 71.6 Å². The number of halogens is 3. The molecule has 0 aliphatic carbocycles. The topological polar surface area (TPSA) is 70.1 Å². The second-order valence-corrected chi connectivity index (χ2v) is 8.89. The predicted molar refractivity (Wildman–Crippen MR) is 110 cm³/mol. The Labute approximate surface area is 184 Å². The number of amides is 1. The van der Waals surface area contributed by atoms with E-state index in [-0.39, 0.29) is 17.7 Å². The van der Waals surface area contributed by atoms with Gasteiger partial charge in [-0.25, -0.2) is 0 Å². The number of hydrogen-bond donors (Lipinski definition) is 1. The molecule has 1 amide bonds. The Bertz CT molecular complexity index is 932. The van der Waals surface area contributed by atoms with Gasteiger partial charge in [0.25, 0.3) is 5.91 Å². The van der Waals surface area contributed by atoms with Crippen LogP contribution in [0, 0.1) is 0 Å². The smallest absolute Gasteiger partial charge is 0.385 e. The number of rotatable bonds is 4. The Morgan fingerprint density at radius 3 is 2.44 bits per heavy atom. The van der Waals surface area contributed by atoms with Gasteiger partial charge in [-0.1, -0.05) is 6.07 Å². The highest BCUT2D eigenvalue weighted by atomic mass is 19.4. The monoisotopic (exact) mass is 452 g/mol. The Hall–Kier alpha value is -2.23. The average molecular weight is 452 g/mol. The largest absolute Gasteiger partial charge is 0.416 e. The van der Waals surface area contributed by atoms with E-state index in [1.54, 1.807) is 0 Å². The van der Waals surface area contributed by atoms with Crippen LogP contribution in [0.15, 0.2) is 29.3 Å². The highest BCUT2D eigenvalue weighted by Gasteiger charge is 2.44. The summed E-state index contributed by atoms with van der Waals surface area (Å²) in [6, 6.07) is 3.91. The van der Waals surface area contributed by atoms with Crippen LogP contribution >= 0.6 is 0 Å². The fraction of sp³-hybridized carbons (Fsp3) is 0.565. The molecule has 0 unspecified atom stereocenters. The summed E-state index contributed by atoms with van der Waals surface area (Å²) in [6.45, 7) is 4.28. The van der Waals surface area contributed by atoms with Crippen LogP contribution in [0.4, 0.5) is 13.2 Å². The van der Waals surface area contributed by atoms with Crippen molar-refractivity contribution in [3.63, 3.8) is 0 Å². The zero-order valence-corrected chi connectivity index (χ0v) is 18.0. The van der Waals surface area contributed by atoms with Crippen LogP contribution in [0.5, 0.6) is 0 Å². The lowest BCUT2D eigenvalue weighted by Gasteiger charge is -2.45. The SMILES string of the molecule is C/C(C=O)=C(\C(=O)N1CCc2ccc(C(F)(F)F)cc2C1)C1(O)CCN(C2COC2)CC1. The lowest BCUT2D eigenvalue weighted by Crippen LogP contribution is -2.56. The summed E-state index contributed by atoms with van der Waals surface area (Å²) >= 11 is 0. The zero-order chi connectivity index (χ0) is 23.1. The highest BCUT2D eigenvalue weighted by Crippen LogP contribution is 2.36. The average Bonchev–Trinajstić information content (AvgIpc) is 2.72. The first kappa shape index (κ1) is 22.9. The Morgan fingerprint density at radius 2 is 1.88 bits per heavy atom. The second-order valence-electron chi connectivity index (χ2n) is 8.89. The maximum Gasteiger partial charge on any atom is 0.416 e. The van der Waals surface area contributed by atoms with Crippen LogP contribution < -0.4 is 0 Å². The van der Waals surface area contributed by atoms with Crippen molar-refractivity contribution in [2.45, 2.75) is 50.6 Å². The predicted octanol–water partition coefficient (Wildman–Crippen LogP) is 2.33. The summed E-state index contributed by atoms with van der Waals surface area (Å²) < 4.78 is 44.6. The summed E-state index contributed by atoms with van der Waals surface area (Å²) in [5.41, 5.74) is -0.766. The van der Waals surface area contributed by atoms with Crippen molar-refractivity contribution in [3.05, 3.63) is 46.0 Å². The number of likely N-dealkylation sites (tertiary alicyclic amines) is 1. The summed E-state index contributed by atoms with van der Waals surface area (Å²) in [7, 11) is 0. The number of fused-ring (bicyclic) bond motifs is 1. The lowest BCUT2D eigenvalue weighted by molar-refractivity contribution is -0.137. The molecule has 9 heteroatoms. The van der Waals surface area contributed by atoms with Crippen molar-refractivity contribution in [1.82, 2.24) is 9.80 Å². The molecule has 32 heavy (non-hydrogen) atoms. The Balaban J connectivity index is 1.55. The van der Waals surface area contributed by atoms with Crippen molar-refractivity contribution in [2.75, 3.05) is 32.8 Å². The van der Waals surface area contributed by atoms with Crippen LogP contribution in [0.2, 0.25) is 0 Å². The normalized spacial score (nSPS) is 22.6. The number of ether oxygens (including phenoxy) is 1. The molecule has 0 aromatic heterocycles. The van der Waals surface area contributed by atoms with Gasteiger partial charge >= 0.3 is 6.18 Å². The number of benzene rings is 1. The number of alkyl halides is 3. The standard InChI is InChI=1S/C23H27F3N2O4/c1-15(12-29)20(22(31)5-8-27(9-6-22)19-13-32-14-19)21(30)28-7-4-16-2-3-18(23(24,25)26)10-17(16)11-28/h2-3,10,12,19,31H,4-9,11,13-14H2,1H3/b20-15-. The number of piperidine rings is 1. The molecule has 2 saturated heterocycles. The molecule has 0 radical (unpaired) electrons. The number of nitrogens with zero attached hydrogens (tertiary/aromatic N) is 2. The number of allylic oxidation sites excluding steroid dienone is 1. The van der Waals surface area contributed by atoms with Crippen molar-refractivity contribution >= 4 is 12.2 Å². The molecule has 1 N–H and O–H groups in total. The molecule has 3 aliphatic rings. The quantitative estimate of drug-likeness (QED) is 0.561. The van der Waals surface area contributed by atoms with E-state index in [2.05, 4.69) is 4.90 Å². The zero-order valence-electron chi connectivity index (χ0n) is 18.0. The van der Waals surface area contributed by atoms with Gasteiger partial charge in [-0.3, -0.25) is 14.5 Å². The molecule has 0 spiro atoms. The molecule has 0 atom stereocenters. The number of carbonyl (C=O) groups is 2. The van der Waals surface area contributed by atoms with Gasteiger partial charge in [-0.2, -0.15) is 13.2 Å². The summed E-state index contributed by atoms with van der Waals surface area (Å²) in [6.07, 6.45) is -2.87. The second kappa shape index (κ2) is 8.61. The minimum absolute atomic E-state index is 0.00927. The third-order valence-electron chi connectivity index (χ3n) is 6.85. The van der Waals surface area contributed by atoms with E-state index in [1.807, 2.05) is 0 Å². The molecular formula is C23H27F3N2O4. The fourth-order valence-electron chi connectivity index (χ4n) is 4.80. The first-order chi connectivity index (χ1) is 15.1. The van der Waals surface area contributed by atoms with Gasteiger partial charge < -0.3 is 14.7 Å². The molecule has 6 nitrogen and oxygen atoms in total. The lowest BCUT2D eigenvalue weighted by atomic mass is 9.80. The maximum atomic E-state index is 13.5. The molecule has 0 bridgehead atoms. The van der Waals surface area contributed by atoms with Crippen LogP contribution in [0.1, 0.15) is 36.5 Å². The number of aliphatic hydroxyl groups is 1. The van der Waals surface area contributed by atoms with Gasteiger partial charge in [0.15, 0.2) is 0 Å². The minimum Gasteiger partial charge on any atom is -0.385 e. The number of hydrogen-bond acceptors (Lipinski definition) is 5. The van der Waals surface area contributed by atoms with Gasteiger partial charge in [0, 0.05) is 31.8 Å². The van der Waals surface area contributed by atoms with E-state index in [9.17, 15) is 27.9 Å². The summed E-state index contributed by atoms with van der Waals surface area (Å²) in [5, 5.41) is 11.4. The van der Waals surface area contributed by atoms with Gasteiger partial charge in [0.05, 0.1) is 36.0 Å². The van der Waals surface area contributed by atoms with E-state index in [1.165, 1.54) is 17.9 Å². The van der Waals surface area contributed by atoms with E-state index in [0.717, 1.165) is 17.7 Å². The fourth-order valence-corrected chi connectivity index (χ4v) is 4.80. The van der Waals surface area contributed by atoms with Crippen molar-refractivity contribution < 1.29 is 32.6 Å². The van der Waals surface area contributed by atoms with Gasteiger partial charge in [0.1, 0.15) is 6.29 Å². The van der Waals surface area contributed by atoms with Gasteiger partial charge in [0.2, 0.25) is 0 Å². The van der Waals surface area contributed by atoms with Crippen LogP contribution in [0.3, 0.4) is 0 Å². The third-order valence-corrected chi connectivity index (χ3v) is 6.85. The van der Waals surface area contributed by atoms with E-state index in [0.29, 0.717) is 70.0 Å². The number of carbonyl (C=O) groups excluding carboxylic acids is 2. The molecular weight excluding hydrogens is 425 g/mol. The van der Waals surface area contributed by atoms with Crippen molar-refractivity contribution in [2.24, 2.45) is 0 Å². The Morgan fingerprint density at radius 1 is 1.19 bits per heavy atom. The van der Waals surface area contributed by atoms with E-state index >= 15 is 0 Å². The molecule has 4 rings (SSSR count). The highest BCUT2D eigenvalue weighted by molar-refractivity contribution is 6.00. The molecule has 1 aromatic rings. The number of aldehydes is 1. The Kier molecular flexibility index (Phi) is 6.17. The molecule has 2 fully saturated rings. The van der Waals surface area contributed by atoms with Crippen molar-refractivity contribution in [1.29, 1.82) is 0 Å². The van der Waals surface area contributed by atoms with E-state index in [4.69, 9.17) is 4.74 Å².